The lowest BCUT2D eigenvalue weighted by Crippen LogP contribution is -2.48. The summed E-state index contributed by atoms with van der Waals surface area (Å²) >= 11 is 0. The Hall–Kier alpha value is -1.26. The van der Waals surface area contributed by atoms with Crippen LogP contribution < -0.4 is 11.1 Å². The zero-order chi connectivity index (χ0) is 13.5. The molecule has 1 aliphatic carbocycles. The summed E-state index contributed by atoms with van der Waals surface area (Å²) in [6.07, 6.45) is 5.90. The SMILES string of the molecule is COC(=O)C(NC(N)=NC1CCCCC1)C(C)C. The van der Waals surface area contributed by atoms with E-state index in [2.05, 4.69) is 10.3 Å². The van der Waals surface area contributed by atoms with E-state index in [4.69, 9.17) is 10.5 Å². The van der Waals surface area contributed by atoms with Gasteiger partial charge in [-0.1, -0.05) is 33.1 Å². The first-order valence-corrected chi connectivity index (χ1v) is 6.72. The van der Waals surface area contributed by atoms with Crippen LogP contribution in [0.3, 0.4) is 0 Å². The van der Waals surface area contributed by atoms with Crippen LogP contribution in [0, 0.1) is 5.92 Å². The van der Waals surface area contributed by atoms with E-state index in [1.165, 1.54) is 26.4 Å². The van der Waals surface area contributed by atoms with E-state index in [9.17, 15) is 4.79 Å². The van der Waals surface area contributed by atoms with E-state index in [0.717, 1.165) is 12.8 Å². The number of carbonyl (C=O) groups excluding carboxylic acids is 1. The van der Waals surface area contributed by atoms with Crippen molar-refractivity contribution < 1.29 is 9.53 Å². The van der Waals surface area contributed by atoms with Crippen LogP contribution in [-0.4, -0.2) is 31.1 Å². The van der Waals surface area contributed by atoms with Crippen molar-refractivity contribution in [3.63, 3.8) is 0 Å². The van der Waals surface area contributed by atoms with E-state index in [1.54, 1.807) is 0 Å². The van der Waals surface area contributed by atoms with Gasteiger partial charge in [0.1, 0.15) is 6.04 Å². The van der Waals surface area contributed by atoms with Crippen LogP contribution in [0.4, 0.5) is 0 Å². The Morgan fingerprint density at radius 2 is 1.94 bits per heavy atom. The van der Waals surface area contributed by atoms with Crippen molar-refractivity contribution in [2.24, 2.45) is 16.6 Å². The average molecular weight is 255 g/mol. The Labute approximate surface area is 109 Å². The van der Waals surface area contributed by atoms with Gasteiger partial charge in [0.25, 0.3) is 0 Å². The summed E-state index contributed by atoms with van der Waals surface area (Å²) in [5.41, 5.74) is 5.87. The normalized spacial score (nSPS) is 19.7. The molecule has 1 aliphatic rings. The molecule has 0 aromatic rings. The number of rotatable bonds is 4. The maximum Gasteiger partial charge on any atom is 0.328 e. The number of hydrogen-bond acceptors (Lipinski definition) is 3. The van der Waals surface area contributed by atoms with Crippen LogP contribution >= 0.6 is 0 Å². The van der Waals surface area contributed by atoms with Gasteiger partial charge in [-0.15, -0.1) is 0 Å². The van der Waals surface area contributed by atoms with Gasteiger partial charge in [0.05, 0.1) is 13.2 Å². The summed E-state index contributed by atoms with van der Waals surface area (Å²) in [6, 6.07) is -0.126. The minimum Gasteiger partial charge on any atom is -0.467 e. The molecule has 104 valence electrons. The fourth-order valence-electron chi connectivity index (χ4n) is 2.23. The van der Waals surface area contributed by atoms with Gasteiger partial charge >= 0.3 is 5.97 Å². The molecule has 0 aromatic carbocycles. The summed E-state index contributed by atoms with van der Waals surface area (Å²) < 4.78 is 4.75. The summed E-state index contributed by atoms with van der Waals surface area (Å²) in [4.78, 5) is 16.0. The van der Waals surface area contributed by atoms with Gasteiger partial charge in [0.15, 0.2) is 5.96 Å². The molecule has 18 heavy (non-hydrogen) atoms. The van der Waals surface area contributed by atoms with Crippen LogP contribution in [-0.2, 0) is 9.53 Å². The third-order valence-corrected chi connectivity index (χ3v) is 3.32. The molecule has 1 fully saturated rings. The van der Waals surface area contributed by atoms with Gasteiger partial charge in [-0.3, -0.25) is 4.99 Å². The fourth-order valence-corrected chi connectivity index (χ4v) is 2.23. The van der Waals surface area contributed by atoms with Crippen LogP contribution in [0.1, 0.15) is 46.0 Å². The van der Waals surface area contributed by atoms with Crippen LogP contribution in [0.5, 0.6) is 0 Å². The molecule has 5 nitrogen and oxygen atoms in total. The number of hydrogen-bond donors (Lipinski definition) is 2. The first kappa shape index (κ1) is 14.8. The molecular formula is C13H25N3O2. The summed E-state index contributed by atoms with van der Waals surface area (Å²) in [7, 11) is 1.38. The first-order chi connectivity index (χ1) is 8.54. The van der Waals surface area contributed by atoms with Crippen molar-refractivity contribution in [3.8, 4) is 0 Å². The van der Waals surface area contributed by atoms with Gasteiger partial charge in [-0.05, 0) is 18.8 Å². The molecule has 0 heterocycles. The molecule has 0 radical (unpaired) electrons. The first-order valence-electron chi connectivity index (χ1n) is 6.72. The highest BCUT2D eigenvalue weighted by atomic mass is 16.5. The minimum atomic E-state index is -0.428. The summed E-state index contributed by atoms with van der Waals surface area (Å²) in [5.74, 6) is 0.162. The summed E-state index contributed by atoms with van der Waals surface area (Å²) in [5, 5.41) is 2.97. The number of nitrogens with zero attached hydrogens (tertiary/aromatic N) is 1. The van der Waals surface area contributed by atoms with Crippen molar-refractivity contribution in [2.45, 2.75) is 58.0 Å². The van der Waals surface area contributed by atoms with Crippen LogP contribution in [0.25, 0.3) is 0 Å². The minimum absolute atomic E-state index is 0.109. The molecule has 0 aliphatic heterocycles. The number of guanidine groups is 1. The smallest absolute Gasteiger partial charge is 0.328 e. The standard InChI is InChI=1S/C13H25N3O2/c1-9(2)11(12(17)18-3)16-13(14)15-10-7-5-4-6-8-10/h9-11H,4-8H2,1-3H3,(H3,14,15,16). The summed E-state index contributed by atoms with van der Waals surface area (Å²) in [6.45, 7) is 3.89. The van der Waals surface area contributed by atoms with E-state index >= 15 is 0 Å². The van der Waals surface area contributed by atoms with Crippen LogP contribution in [0.2, 0.25) is 0 Å². The van der Waals surface area contributed by atoms with E-state index in [-0.39, 0.29) is 11.9 Å². The molecule has 1 unspecified atom stereocenters. The number of esters is 1. The Morgan fingerprint density at radius 1 is 1.33 bits per heavy atom. The molecular weight excluding hydrogens is 230 g/mol. The van der Waals surface area contributed by atoms with Crippen LogP contribution in [0.15, 0.2) is 4.99 Å². The molecule has 1 atom stereocenters. The molecule has 3 N–H and O–H groups in total. The predicted molar refractivity (Wildman–Crippen MR) is 72.3 cm³/mol. The lowest BCUT2D eigenvalue weighted by Gasteiger charge is -2.22. The second kappa shape index (κ2) is 7.24. The number of nitrogens with one attached hydrogen (secondary N) is 1. The number of nitrogens with two attached hydrogens (primary N) is 1. The lowest BCUT2D eigenvalue weighted by atomic mass is 9.96. The average Bonchev–Trinajstić information content (AvgIpc) is 2.36. The molecule has 5 heteroatoms. The highest BCUT2D eigenvalue weighted by Crippen LogP contribution is 2.20. The number of aliphatic imine (C=N–C) groups is 1. The molecule has 1 rings (SSSR count). The van der Waals surface area contributed by atoms with Gasteiger partial charge in [-0.2, -0.15) is 0 Å². The fraction of sp³-hybridized carbons (Fsp3) is 0.846. The lowest BCUT2D eigenvalue weighted by molar-refractivity contribution is -0.143. The molecule has 0 saturated heterocycles. The molecule has 0 spiro atoms. The number of ether oxygens (including phenoxy) is 1. The highest BCUT2D eigenvalue weighted by molar-refractivity contribution is 5.85. The zero-order valence-electron chi connectivity index (χ0n) is 11.6. The Balaban J connectivity index is 2.56. The number of methoxy groups -OCH3 is 1. The van der Waals surface area contributed by atoms with Gasteiger partial charge in [0.2, 0.25) is 0 Å². The van der Waals surface area contributed by atoms with E-state index in [0.29, 0.717) is 12.0 Å². The topological polar surface area (TPSA) is 76.7 Å². The maximum absolute atomic E-state index is 11.6. The molecule has 0 amide bonds. The zero-order valence-corrected chi connectivity index (χ0v) is 11.6. The van der Waals surface area contributed by atoms with Crippen molar-refractivity contribution in [1.82, 2.24) is 5.32 Å². The third-order valence-electron chi connectivity index (χ3n) is 3.32. The number of carbonyl (C=O) groups is 1. The Morgan fingerprint density at radius 3 is 2.44 bits per heavy atom. The monoisotopic (exact) mass is 255 g/mol. The quantitative estimate of drug-likeness (QED) is 0.452. The Kier molecular flexibility index (Phi) is 5.95. The second-order valence-electron chi connectivity index (χ2n) is 5.20. The molecule has 1 saturated carbocycles. The van der Waals surface area contributed by atoms with Crippen molar-refractivity contribution in [1.29, 1.82) is 0 Å². The molecule has 0 bridgehead atoms. The van der Waals surface area contributed by atoms with Crippen molar-refractivity contribution in [3.05, 3.63) is 0 Å². The Bertz CT molecular complexity index is 297. The van der Waals surface area contributed by atoms with Crippen molar-refractivity contribution in [2.75, 3.05) is 7.11 Å². The van der Waals surface area contributed by atoms with E-state index in [1.807, 2.05) is 13.8 Å². The molecule has 0 aromatic heterocycles. The van der Waals surface area contributed by atoms with E-state index < -0.39 is 6.04 Å². The largest absolute Gasteiger partial charge is 0.467 e. The third kappa shape index (κ3) is 4.55. The van der Waals surface area contributed by atoms with Gasteiger partial charge in [0, 0.05) is 0 Å². The maximum atomic E-state index is 11.6. The van der Waals surface area contributed by atoms with Gasteiger partial charge in [-0.25, -0.2) is 4.79 Å². The van der Waals surface area contributed by atoms with Gasteiger partial charge < -0.3 is 15.8 Å². The second-order valence-corrected chi connectivity index (χ2v) is 5.20. The highest BCUT2D eigenvalue weighted by Gasteiger charge is 2.23. The predicted octanol–water partition coefficient (Wildman–Crippen LogP) is 1.42. The van der Waals surface area contributed by atoms with Crippen molar-refractivity contribution >= 4 is 11.9 Å².